The smallest absolute Gasteiger partial charge is 0.296 e. The molecule has 0 saturated heterocycles. The molecule has 0 heterocycles. The van der Waals surface area contributed by atoms with Crippen molar-refractivity contribution in [3.63, 3.8) is 0 Å². The van der Waals surface area contributed by atoms with Crippen LogP contribution in [0.5, 0.6) is 5.75 Å². The van der Waals surface area contributed by atoms with Crippen LogP contribution in [-0.2, 0) is 10.8 Å². The van der Waals surface area contributed by atoms with Crippen molar-refractivity contribution in [1.82, 2.24) is 0 Å². The zero-order valence-corrected chi connectivity index (χ0v) is 24.0. The predicted molar refractivity (Wildman–Crippen MR) is 158 cm³/mol. The van der Waals surface area contributed by atoms with Crippen molar-refractivity contribution < 1.29 is 10.0 Å². The Morgan fingerprint density at radius 3 is 1.69 bits per heavy atom. The first-order valence-electron chi connectivity index (χ1n) is 12.1. The van der Waals surface area contributed by atoms with Gasteiger partial charge in [-0.3, -0.25) is 10.1 Å². The average molecular weight is 583 g/mol. The standard InChI is InChI=1S/C30H26Cl3N3O3/c1-29(2,18-5-9-21(31)10-6-18)20-15-24(30(3,4)19-7-11-22(32)12-8-19)28(37)26(16-20)35-34-25-17-23(33)13-14-27(25)36(38)39/h5-17,37H,1-4H3. The largest absolute Gasteiger partial charge is 0.505 e. The van der Waals surface area contributed by atoms with Crippen LogP contribution in [0, 0.1) is 10.1 Å². The summed E-state index contributed by atoms with van der Waals surface area (Å²) >= 11 is 18.3. The van der Waals surface area contributed by atoms with E-state index in [1.807, 2.05) is 56.3 Å². The Kier molecular flexibility index (Phi) is 8.03. The van der Waals surface area contributed by atoms with Crippen molar-refractivity contribution in [3.8, 4) is 5.75 Å². The number of azo groups is 1. The molecule has 4 aromatic rings. The van der Waals surface area contributed by atoms with Gasteiger partial charge in [0, 0.05) is 37.5 Å². The number of phenols is 1. The van der Waals surface area contributed by atoms with E-state index in [2.05, 4.69) is 24.1 Å². The maximum atomic E-state index is 11.5. The van der Waals surface area contributed by atoms with Crippen LogP contribution in [0.4, 0.5) is 17.1 Å². The summed E-state index contributed by atoms with van der Waals surface area (Å²) in [4.78, 5) is 11.0. The number of nitro groups is 1. The van der Waals surface area contributed by atoms with Crippen LogP contribution in [0.15, 0.2) is 89.1 Å². The molecule has 0 fully saturated rings. The molecule has 0 radical (unpaired) electrons. The van der Waals surface area contributed by atoms with Gasteiger partial charge in [-0.15, -0.1) is 10.2 Å². The lowest BCUT2D eigenvalue weighted by Crippen LogP contribution is -2.23. The molecule has 6 nitrogen and oxygen atoms in total. The fourth-order valence-electron chi connectivity index (χ4n) is 4.43. The first-order valence-corrected chi connectivity index (χ1v) is 13.2. The summed E-state index contributed by atoms with van der Waals surface area (Å²) in [6.45, 7) is 8.11. The lowest BCUT2D eigenvalue weighted by molar-refractivity contribution is -0.384. The van der Waals surface area contributed by atoms with Gasteiger partial charge in [0.15, 0.2) is 5.69 Å². The number of rotatable bonds is 7. The van der Waals surface area contributed by atoms with Crippen molar-refractivity contribution in [3.05, 3.63) is 126 Å². The minimum atomic E-state index is -0.660. The highest BCUT2D eigenvalue weighted by atomic mass is 35.5. The lowest BCUT2D eigenvalue weighted by Gasteiger charge is -2.32. The SMILES string of the molecule is CC(C)(c1ccc(Cl)cc1)c1cc(N=Nc2cc(Cl)ccc2[N+](=O)[O-])c(O)c(C(C)(C)c2ccc(Cl)cc2)c1. The molecule has 0 amide bonds. The molecular weight excluding hydrogens is 557 g/mol. The van der Waals surface area contributed by atoms with Crippen molar-refractivity contribution in [2.45, 2.75) is 38.5 Å². The second-order valence-electron chi connectivity index (χ2n) is 10.2. The maximum absolute atomic E-state index is 11.5. The van der Waals surface area contributed by atoms with Gasteiger partial charge in [0.25, 0.3) is 5.69 Å². The minimum Gasteiger partial charge on any atom is -0.505 e. The molecule has 0 unspecified atom stereocenters. The van der Waals surface area contributed by atoms with Gasteiger partial charge in [-0.1, -0.05) is 92.8 Å². The van der Waals surface area contributed by atoms with Crippen LogP contribution < -0.4 is 0 Å². The third-order valence-corrected chi connectivity index (χ3v) is 7.76. The fraction of sp³-hybridized carbons (Fsp3) is 0.200. The number of nitro benzene ring substituents is 1. The van der Waals surface area contributed by atoms with Gasteiger partial charge in [-0.25, -0.2) is 0 Å². The normalized spacial score (nSPS) is 12.2. The quantitative estimate of drug-likeness (QED) is 0.133. The lowest BCUT2D eigenvalue weighted by atomic mass is 9.72. The molecule has 9 heteroatoms. The van der Waals surface area contributed by atoms with E-state index in [9.17, 15) is 15.2 Å². The summed E-state index contributed by atoms with van der Waals surface area (Å²) in [5.41, 5.74) is 2.12. The Hall–Kier alpha value is -3.45. The molecule has 0 aliphatic rings. The Morgan fingerprint density at radius 2 is 1.15 bits per heavy atom. The van der Waals surface area contributed by atoms with E-state index in [1.165, 1.54) is 18.2 Å². The Bertz CT molecular complexity index is 1570. The van der Waals surface area contributed by atoms with E-state index in [1.54, 1.807) is 18.2 Å². The Morgan fingerprint density at radius 1 is 0.667 bits per heavy atom. The molecule has 0 spiro atoms. The van der Waals surface area contributed by atoms with Crippen molar-refractivity contribution >= 4 is 51.9 Å². The van der Waals surface area contributed by atoms with Crippen LogP contribution in [0.3, 0.4) is 0 Å². The van der Waals surface area contributed by atoms with E-state index >= 15 is 0 Å². The van der Waals surface area contributed by atoms with Gasteiger partial charge in [-0.2, -0.15) is 0 Å². The molecule has 0 aliphatic carbocycles. The summed E-state index contributed by atoms with van der Waals surface area (Å²) in [5.74, 6) is -0.0842. The Balaban J connectivity index is 1.94. The molecule has 0 aliphatic heterocycles. The van der Waals surface area contributed by atoms with Crippen molar-refractivity contribution in [1.29, 1.82) is 0 Å². The molecule has 4 rings (SSSR count). The highest BCUT2D eigenvalue weighted by Crippen LogP contribution is 2.46. The van der Waals surface area contributed by atoms with E-state index in [0.29, 0.717) is 15.6 Å². The minimum absolute atomic E-state index is 0.0206. The van der Waals surface area contributed by atoms with Crippen LogP contribution in [0.2, 0.25) is 15.1 Å². The number of nitrogens with zero attached hydrogens (tertiary/aromatic N) is 3. The van der Waals surface area contributed by atoms with Gasteiger partial charge in [0.1, 0.15) is 11.4 Å². The maximum Gasteiger partial charge on any atom is 0.296 e. The third kappa shape index (κ3) is 5.93. The van der Waals surface area contributed by atoms with Gasteiger partial charge in [-0.05, 0) is 59.2 Å². The summed E-state index contributed by atoms with van der Waals surface area (Å²) in [6, 6.07) is 22.7. The van der Waals surface area contributed by atoms with Crippen LogP contribution >= 0.6 is 34.8 Å². The number of hydrogen-bond acceptors (Lipinski definition) is 5. The highest BCUT2D eigenvalue weighted by molar-refractivity contribution is 6.31. The van der Waals surface area contributed by atoms with Crippen LogP contribution in [0.25, 0.3) is 0 Å². The van der Waals surface area contributed by atoms with Gasteiger partial charge in [0.2, 0.25) is 0 Å². The Labute approximate surface area is 242 Å². The van der Waals surface area contributed by atoms with Crippen molar-refractivity contribution in [2.75, 3.05) is 0 Å². The molecule has 1 N–H and O–H groups in total. The molecule has 39 heavy (non-hydrogen) atoms. The number of aromatic hydroxyl groups is 1. The van der Waals surface area contributed by atoms with Crippen molar-refractivity contribution in [2.24, 2.45) is 10.2 Å². The van der Waals surface area contributed by atoms with Gasteiger partial charge in [0.05, 0.1) is 4.92 Å². The van der Waals surface area contributed by atoms with Gasteiger partial charge >= 0.3 is 0 Å². The second-order valence-corrected chi connectivity index (χ2v) is 11.6. The monoisotopic (exact) mass is 581 g/mol. The third-order valence-electron chi connectivity index (χ3n) is 7.02. The first-order chi connectivity index (χ1) is 18.3. The van der Waals surface area contributed by atoms with E-state index in [-0.39, 0.29) is 27.8 Å². The predicted octanol–water partition coefficient (Wildman–Crippen LogP) is 10.3. The summed E-state index contributed by atoms with van der Waals surface area (Å²) in [6.07, 6.45) is 0. The molecule has 200 valence electrons. The zero-order valence-electron chi connectivity index (χ0n) is 21.7. The fourth-order valence-corrected chi connectivity index (χ4v) is 4.85. The summed E-state index contributed by atoms with van der Waals surface area (Å²) in [7, 11) is 0. The molecule has 0 bridgehead atoms. The number of benzene rings is 4. The first kappa shape index (κ1) is 28.6. The van der Waals surface area contributed by atoms with E-state index in [4.69, 9.17) is 34.8 Å². The second kappa shape index (κ2) is 11.0. The van der Waals surface area contributed by atoms with E-state index < -0.39 is 15.8 Å². The van der Waals surface area contributed by atoms with Crippen LogP contribution in [-0.4, -0.2) is 10.0 Å². The summed E-state index contributed by atoms with van der Waals surface area (Å²) < 4.78 is 0. The van der Waals surface area contributed by atoms with E-state index in [0.717, 1.165) is 16.7 Å². The number of halogens is 3. The molecule has 0 atom stereocenters. The topological polar surface area (TPSA) is 88.1 Å². The molecule has 0 aromatic heterocycles. The highest BCUT2D eigenvalue weighted by Gasteiger charge is 2.32. The number of hydrogen-bond donors (Lipinski definition) is 1. The van der Waals surface area contributed by atoms with Crippen LogP contribution in [0.1, 0.15) is 49.9 Å². The summed E-state index contributed by atoms with van der Waals surface area (Å²) in [5, 5.41) is 33.0. The molecule has 0 saturated carbocycles. The molecule has 4 aromatic carbocycles. The zero-order chi connectivity index (χ0) is 28.5. The number of phenolic OH excluding ortho intramolecular Hbond substituents is 1. The average Bonchev–Trinajstić information content (AvgIpc) is 2.88. The molecular formula is C30H26Cl3N3O3. The van der Waals surface area contributed by atoms with Gasteiger partial charge < -0.3 is 5.11 Å².